The Kier molecular flexibility index (Phi) is 5.99. The predicted molar refractivity (Wildman–Crippen MR) is 107 cm³/mol. The van der Waals surface area contributed by atoms with Crippen molar-refractivity contribution in [2.45, 2.75) is 19.7 Å². The fourth-order valence-electron chi connectivity index (χ4n) is 2.49. The molecule has 1 unspecified atom stereocenters. The molecule has 1 aliphatic heterocycles. The van der Waals surface area contributed by atoms with E-state index in [1.807, 2.05) is 74.5 Å². The molecule has 1 fully saturated rings. The quantitative estimate of drug-likeness (QED) is 0.617. The first-order chi connectivity index (χ1) is 12.9. The highest BCUT2D eigenvalue weighted by Gasteiger charge is 2.43. The molecule has 2 aromatic carbocycles. The SMILES string of the molecule is CC1(C)COP(=O)(C(O)/C(C#Cc2ccccc2)=C/c2ccccc2)OC1. The van der Waals surface area contributed by atoms with Crippen molar-refractivity contribution in [1.82, 2.24) is 0 Å². The highest BCUT2D eigenvalue weighted by Crippen LogP contribution is 2.58. The van der Waals surface area contributed by atoms with Gasteiger partial charge in [0.25, 0.3) is 0 Å². The van der Waals surface area contributed by atoms with Gasteiger partial charge in [-0.25, -0.2) is 0 Å². The van der Waals surface area contributed by atoms with Crippen molar-refractivity contribution in [2.75, 3.05) is 13.2 Å². The molecular weight excluding hydrogens is 359 g/mol. The van der Waals surface area contributed by atoms with Gasteiger partial charge >= 0.3 is 7.60 Å². The summed E-state index contributed by atoms with van der Waals surface area (Å²) in [6, 6.07) is 18.9. The lowest BCUT2D eigenvalue weighted by Gasteiger charge is -2.35. The van der Waals surface area contributed by atoms with Crippen molar-refractivity contribution in [1.29, 1.82) is 0 Å². The van der Waals surface area contributed by atoms with Crippen molar-refractivity contribution >= 4 is 13.7 Å². The molecule has 27 heavy (non-hydrogen) atoms. The summed E-state index contributed by atoms with van der Waals surface area (Å²) in [6.07, 6.45) is 1.72. The lowest BCUT2D eigenvalue weighted by atomic mass is 9.97. The Morgan fingerprint density at radius 2 is 1.63 bits per heavy atom. The molecule has 1 saturated heterocycles. The van der Waals surface area contributed by atoms with Crippen LogP contribution in [-0.4, -0.2) is 24.2 Å². The molecule has 2 aromatic rings. The van der Waals surface area contributed by atoms with Gasteiger partial charge in [-0.15, -0.1) is 0 Å². The van der Waals surface area contributed by atoms with Gasteiger partial charge in [0.2, 0.25) is 0 Å². The number of benzene rings is 2. The molecule has 0 aromatic heterocycles. The summed E-state index contributed by atoms with van der Waals surface area (Å²) in [5.74, 6) is 4.52. The molecule has 0 bridgehead atoms. The largest absolute Gasteiger partial charge is 0.376 e. The number of hydrogen-bond acceptors (Lipinski definition) is 4. The van der Waals surface area contributed by atoms with E-state index in [1.165, 1.54) is 0 Å². The van der Waals surface area contributed by atoms with Crippen molar-refractivity contribution in [2.24, 2.45) is 5.41 Å². The molecule has 0 spiro atoms. The first-order valence-electron chi connectivity index (χ1n) is 8.79. The first-order valence-corrected chi connectivity index (χ1v) is 10.4. The monoisotopic (exact) mass is 382 g/mol. The van der Waals surface area contributed by atoms with Crippen molar-refractivity contribution in [3.8, 4) is 11.8 Å². The molecule has 1 aliphatic rings. The lowest BCUT2D eigenvalue weighted by molar-refractivity contribution is 0.0274. The van der Waals surface area contributed by atoms with E-state index >= 15 is 0 Å². The second kappa shape index (κ2) is 8.25. The molecular formula is C22H23O4P. The summed E-state index contributed by atoms with van der Waals surface area (Å²) in [5, 5.41) is 10.8. The zero-order valence-electron chi connectivity index (χ0n) is 15.5. The van der Waals surface area contributed by atoms with Crippen molar-refractivity contribution < 1.29 is 18.7 Å². The van der Waals surface area contributed by atoms with Crippen molar-refractivity contribution in [3.63, 3.8) is 0 Å². The van der Waals surface area contributed by atoms with Gasteiger partial charge in [0, 0.05) is 16.6 Å². The number of aliphatic hydroxyl groups excluding tert-OH is 1. The van der Waals surface area contributed by atoms with E-state index in [0.29, 0.717) is 5.57 Å². The summed E-state index contributed by atoms with van der Waals surface area (Å²) in [6.45, 7) is 4.43. The van der Waals surface area contributed by atoms with Gasteiger partial charge in [-0.3, -0.25) is 4.57 Å². The van der Waals surface area contributed by atoms with Gasteiger partial charge in [0.15, 0.2) is 5.85 Å². The average molecular weight is 382 g/mol. The number of rotatable bonds is 3. The van der Waals surface area contributed by atoms with Gasteiger partial charge in [-0.2, -0.15) is 0 Å². The smallest absolute Gasteiger partial charge is 0.364 e. The molecule has 140 valence electrons. The van der Waals surface area contributed by atoms with E-state index in [-0.39, 0.29) is 18.6 Å². The standard InChI is InChI=1S/C22H23O4P/c1-22(2)16-25-27(24,26-17-22)21(23)20(15-19-11-7-4-8-12-19)14-13-18-9-5-3-6-10-18/h3-12,15,21,23H,16-17H2,1-2H3/b20-15+. The molecule has 0 saturated carbocycles. The maximum atomic E-state index is 13.1. The van der Waals surface area contributed by atoms with Crippen LogP contribution < -0.4 is 0 Å². The van der Waals surface area contributed by atoms with E-state index in [2.05, 4.69) is 11.8 Å². The van der Waals surface area contributed by atoms with Crippen LogP contribution in [0, 0.1) is 17.3 Å². The predicted octanol–water partition coefficient (Wildman–Crippen LogP) is 4.71. The van der Waals surface area contributed by atoms with Crippen LogP contribution in [-0.2, 0) is 13.6 Å². The molecule has 0 aliphatic carbocycles. The van der Waals surface area contributed by atoms with Gasteiger partial charge in [0.1, 0.15) is 0 Å². The normalized spacial score (nSPS) is 19.6. The molecule has 0 amide bonds. The minimum Gasteiger partial charge on any atom is -0.376 e. The second-order valence-electron chi connectivity index (χ2n) is 7.25. The Bertz CT molecular complexity index is 894. The third kappa shape index (κ3) is 5.19. The molecule has 1 atom stereocenters. The summed E-state index contributed by atoms with van der Waals surface area (Å²) in [4.78, 5) is 0. The topological polar surface area (TPSA) is 55.8 Å². The summed E-state index contributed by atoms with van der Waals surface area (Å²) < 4.78 is 24.0. The third-order valence-electron chi connectivity index (χ3n) is 4.09. The fourth-order valence-corrected chi connectivity index (χ4v) is 4.39. The van der Waals surface area contributed by atoms with Crippen molar-refractivity contribution in [3.05, 3.63) is 77.4 Å². The van der Waals surface area contributed by atoms with E-state index in [9.17, 15) is 9.67 Å². The van der Waals surface area contributed by atoms with Crippen LogP contribution in [0.1, 0.15) is 25.0 Å². The Balaban J connectivity index is 1.94. The Morgan fingerprint density at radius 3 is 2.22 bits per heavy atom. The van der Waals surface area contributed by atoms with Crippen LogP contribution in [0.3, 0.4) is 0 Å². The summed E-state index contributed by atoms with van der Waals surface area (Å²) in [7, 11) is -3.71. The molecule has 0 radical (unpaired) electrons. The average Bonchev–Trinajstić information content (AvgIpc) is 2.69. The highest BCUT2D eigenvalue weighted by molar-refractivity contribution is 7.54. The van der Waals surface area contributed by atoms with E-state index in [4.69, 9.17) is 9.05 Å². The Hall–Kier alpha value is -2.15. The van der Waals surface area contributed by atoms with Gasteiger partial charge in [-0.05, 0) is 23.8 Å². The van der Waals surface area contributed by atoms with Crippen LogP contribution in [0.25, 0.3) is 6.08 Å². The highest BCUT2D eigenvalue weighted by atomic mass is 31.2. The second-order valence-corrected chi connectivity index (χ2v) is 9.34. The van der Waals surface area contributed by atoms with Crippen LogP contribution in [0.5, 0.6) is 0 Å². The molecule has 4 nitrogen and oxygen atoms in total. The zero-order valence-corrected chi connectivity index (χ0v) is 16.4. The van der Waals surface area contributed by atoms with Crippen LogP contribution in [0.2, 0.25) is 0 Å². The number of aliphatic hydroxyl groups is 1. The maximum absolute atomic E-state index is 13.1. The minimum absolute atomic E-state index is 0.243. The Morgan fingerprint density at radius 1 is 1.07 bits per heavy atom. The number of hydrogen-bond donors (Lipinski definition) is 1. The van der Waals surface area contributed by atoms with Gasteiger partial charge < -0.3 is 14.2 Å². The molecule has 5 heteroatoms. The van der Waals surface area contributed by atoms with Crippen LogP contribution in [0.15, 0.2) is 66.2 Å². The summed E-state index contributed by atoms with van der Waals surface area (Å²) >= 11 is 0. The fraction of sp³-hybridized carbons (Fsp3) is 0.273. The minimum atomic E-state index is -3.71. The molecule has 1 heterocycles. The van der Waals surface area contributed by atoms with Crippen LogP contribution >= 0.6 is 7.60 Å². The van der Waals surface area contributed by atoms with E-state index in [1.54, 1.807) is 6.08 Å². The van der Waals surface area contributed by atoms with Gasteiger partial charge in [0.05, 0.1) is 13.2 Å². The van der Waals surface area contributed by atoms with E-state index in [0.717, 1.165) is 11.1 Å². The lowest BCUT2D eigenvalue weighted by Crippen LogP contribution is -2.32. The van der Waals surface area contributed by atoms with Gasteiger partial charge in [-0.1, -0.05) is 74.2 Å². The van der Waals surface area contributed by atoms with Crippen LogP contribution in [0.4, 0.5) is 0 Å². The Labute approximate surface area is 160 Å². The molecule has 3 rings (SSSR count). The molecule has 1 N–H and O–H groups in total. The first kappa shape index (κ1) is 19.6. The maximum Gasteiger partial charge on any atom is 0.364 e. The van der Waals surface area contributed by atoms with E-state index < -0.39 is 13.4 Å². The third-order valence-corrected chi connectivity index (χ3v) is 5.95. The zero-order chi connectivity index (χ0) is 19.3. The summed E-state index contributed by atoms with van der Waals surface area (Å²) in [5.41, 5.74) is 1.70.